The second-order valence-corrected chi connectivity index (χ2v) is 5.45. The third kappa shape index (κ3) is 3.98. The van der Waals surface area contributed by atoms with Crippen molar-refractivity contribution in [3.8, 4) is 0 Å². The zero-order chi connectivity index (χ0) is 12.1. The van der Waals surface area contributed by atoms with Crippen molar-refractivity contribution in [3.63, 3.8) is 0 Å². The molecule has 0 radical (unpaired) electrons. The molecule has 1 aromatic heterocycles. The van der Waals surface area contributed by atoms with Crippen LogP contribution in [0.25, 0.3) is 0 Å². The van der Waals surface area contributed by atoms with E-state index in [-0.39, 0.29) is 17.2 Å². The van der Waals surface area contributed by atoms with E-state index in [9.17, 15) is 9.00 Å². The lowest BCUT2D eigenvalue weighted by Crippen LogP contribution is -2.33. The molecule has 16 heavy (non-hydrogen) atoms. The molecule has 1 heterocycles. The first-order valence-corrected chi connectivity index (χ1v) is 6.95. The number of carbonyl (C=O) groups excluding carboxylic acids is 1. The van der Waals surface area contributed by atoms with E-state index in [1.165, 1.54) is 12.3 Å². The number of halogens is 1. The number of furan rings is 1. The second-order valence-electron chi connectivity index (χ2n) is 3.55. The molecule has 1 rings (SSSR count). The largest absolute Gasteiger partial charge is 0.452 e. The Morgan fingerprint density at radius 3 is 2.88 bits per heavy atom. The predicted molar refractivity (Wildman–Crippen MR) is 64.2 cm³/mol. The predicted octanol–water partition coefficient (Wildman–Crippen LogP) is 1.82. The lowest BCUT2D eigenvalue weighted by molar-refractivity contribution is 0.0939. The third-order valence-corrected chi connectivity index (χ3v) is 3.18. The first-order valence-electron chi connectivity index (χ1n) is 4.84. The van der Waals surface area contributed by atoms with Gasteiger partial charge in [0.25, 0.3) is 5.91 Å². The number of carbonyl (C=O) groups is 1. The highest BCUT2D eigenvalue weighted by atomic mass is 35.5. The molecule has 4 nitrogen and oxygen atoms in total. The Bertz CT molecular complexity index is 391. The van der Waals surface area contributed by atoms with Crippen molar-refractivity contribution < 1.29 is 13.4 Å². The van der Waals surface area contributed by atoms with E-state index in [1.807, 2.05) is 6.92 Å². The average Bonchev–Trinajstić information content (AvgIpc) is 2.61. The summed E-state index contributed by atoms with van der Waals surface area (Å²) >= 11 is 5.67. The van der Waals surface area contributed by atoms with Crippen LogP contribution in [0.4, 0.5) is 0 Å². The van der Waals surface area contributed by atoms with E-state index in [1.54, 1.807) is 6.26 Å². The zero-order valence-corrected chi connectivity index (χ0v) is 10.7. The fourth-order valence-electron chi connectivity index (χ4n) is 1.17. The van der Waals surface area contributed by atoms with Crippen LogP contribution in [-0.2, 0) is 10.8 Å². The minimum Gasteiger partial charge on any atom is -0.452 e. The molecule has 0 aromatic carbocycles. The van der Waals surface area contributed by atoms with Crippen LogP contribution in [0.5, 0.6) is 0 Å². The van der Waals surface area contributed by atoms with E-state index in [2.05, 4.69) is 5.32 Å². The molecule has 0 spiro atoms. The molecule has 90 valence electrons. The molecule has 2 atom stereocenters. The first-order chi connectivity index (χ1) is 7.50. The maximum Gasteiger partial charge on any atom is 0.256 e. The molecule has 6 heteroatoms. The van der Waals surface area contributed by atoms with Crippen LogP contribution in [0.2, 0.25) is 5.22 Å². The third-order valence-electron chi connectivity index (χ3n) is 2.08. The van der Waals surface area contributed by atoms with Gasteiger partial charge in [0.1, 0.15) is 0 Å². The summed E-state index contributed by atoms with van der Waals surface area (Å²) < 4.78 is 15.7. The lowest BCUT2D eigenvalue weighted by Gasteiger charge is -2.12. The lowest BCUT2D eigenvalue weighted by atomic mass is 10.2. The Labute approximate surface area is 102 Å². The minimum atomic E-state index is -0.838. The quantitative estimate of drug-likeness (QED) is 0.882. The summed E-state index contributed by atoms with van der Waals surface area (Å²) in [7, 11) is -0.838. The van der Waals surface area contributed by atoms with E-state index >= 15 is 0 Å². The molecule has 0 aliphatic carbocycles. The van der Waals surface area contributed by atoms with E-state index in [0.29, 0.717) is 17.7 Å². The van der Waals surface area contributed by atoms with E-state index in [0.717, 1.165) is 0 Å². The molecule has 0 saturated carbocycles. The Kier molecular flexibility index (Phi) is 5.02. The van der Waals surface area contributed by atoms with Gasteiger partial charge in [-0.1, -0.05) is 0 Å². The van der Waals surface area contributed by atoms with Gasteiger partial charge in [-0.3, -0.25) is 9.00 Å². The topological polar surface area (TPSA) is 59.3 Å². The monoisotopic (exact) mass is 263 g/mol. The molecule has 0 aliphatic heterocycles. The second kappa shape index (κ2) is 6.06. The number of hydrogen-bond donors (Lipinski definition) is 1. The van der Waals surface area contributed by atoms with Gasteiger partial charge in [-0.2, -0.15) is 0 Å². The zero-order valence-electron chi connectivity index (χ0n) is 9.16. The SMILES string of the molecule is CC(CCS(C)=O)NC(=O)c1ccoc1Cl. The van der Waals surface area contributed by atoms with Crippen LogP contribution in [0, 0.1) is 0 Å². The molecule has 0 saturated heterocycles. The molecule has 1 aromatic rings. The maximum absolute atomic E-state index is 11.7. The van der Waals surface area contributed by atoms with Gasteiger partial charge in [0, 0.05) is 28.9 Å². The fraction of sp³-hybridized carbons (Fsp3) is 0.500. The van der Waals surface area contributed by atoms with Crippen LogP contribution in [0.3, 0.4) is 0 Å². The molecule has 1 amide bonds. The minimum absolute atomic E-state index is 0.0395. The van der Waals surface area contributed by atoms with Crippen molar-refractivity contribution in [2.75, 3.05) is 12.0 Å². The van der Waals surface area contributed by atoms with Gasteiger partial charge in [0.05, 0.1) is 11.8 Å². The number of amides is 1. The van der Waals surface area contributed by atoms with Crippen LogP contribution in [-0.4, -0.2) is 28.2 Å². The molecule has 0 aliphatic rings. The molecular formula is C10H14ClNO3S. The van der Waals surface area contributed by atoms with Gasteiger partial charge in [-0.25, -0.2) is 0 Å². The Hall–Kier alpha value is -0.810. The van der Waals surface area contributed by atoms with Crippen LogP contribution < -0.4 is 5.32 Å². The average molecular weight is 264 g/mol. The highest BCUT2D eigenvalue weighted by molar-refractivity contribution is 7.84. The van der Waals surface area contributed by atoms with Gasteiger partial charge in [-0.05, 0) is 31.0 Å². The highest BCUT2D eigenvalue weighted by Gasteiger charge is 2.15. The fourth-order valence-corrected chi connectivity index (χ4v) is 2.06. The smallest absolute Gasteiger partial charge is 0.256 e. The Morgan fingerprint density at radius 1 is 1.69 bits per heavy atom. The first kappa shape index (κ1) is 13.3. The standard InChI is InChI=1S/C10H14ClNO3S/c1-7(4-6-16(2)14)12-10(13)8-3-5-15-9(8)11/h3,5,7H,4,6H2,1-2H3,(H,12,13). The van der Waals surface area contributed by atoms with Crippen molar-refractivity contribution in [3.05, 3.63) is 23.1 Å². The van der Waals surface area contributed by atoms with Gasteiger partial charge in [0.2, 0.25) is 5.22 Å². The number of hydrogen-bond acceptors (Lipinski definition) is 3. The van der Waals surface area contributed by atoms with Crippen molar-refractivity contribution in [2.45, 2.75) is 19.4 Å². The summed E-state index contributed by atoms with van der Waals surface area (Å²) in [5.41, 5.74) is 0.325. The van der Waals surface area contributed by atoms with E-state index in [4.69, 9.17) is 16.0 Å². The van der Waals surface area contributed by atoms with Gasteiger partial charge in [-0.15, -0.1) is 0 Å². The van der Waals surface area contributed by atoms with Gasteiger partial charge < -0.3 is 9.73 Å². The van der Waals surface area contributed by atoms with Gasteiger partial charge in [0.15, 0.2) is 0 Å². The highest BCUT2D eigenvalue weighted by Crippen LogP contribution is 2.16. The molecular weight excluding hydrogens is 250 g/mol. The molecule has 2 unspecified atom stereocenters. The van der Waals surface area contributed by atoms with Crippen LogP contribution in [0.15, 0.2) is 16.7 Å². The summed E-state index contributed by atoms with van der Waals surface area (Å²) in [6, 6.07) is 1.48. The summed E-state index contributed by atoms with van der Waals surface area (Å²) in [5, 5.41) is 2.85. The summed E-state index contributed by atoms with van der Waals surface area (Å²) in [5.74, 6) is 0.300. The normalized spacial score (nSPS) is 14.4. The van der Waals surface area contributed by atoms with Crippen molar-refractivity contribution in [2.24, 2.45) is 0 Å². The number of nitrogens with one attached hydrogen (secondary N) is 1. The summed E-state index contributed by atoms with van der Waals surface area (Å²) in [6.07, 6.45) is 3.68. The Morgan fingerprint density at radius 2 is 2.38 bits per heavy atom. The Balaban J connectivity index is 2.46. The van der Waals surface area contributed by atoms with Crippen molar-refractivity contribution in [1.82, 2.24) is 5.32 Å². The van der Waals surface area contributed by atoms with Crippen LogP contribution in [0.1, 0.15) is 23.7 Å². The molecule has 0 fully saturated rings. The van der Waals surface area contributed by atoms with Crippen molar-refractivity contribution in [1.29, 1.82) is 0 Å². The summed E-state index contributed by atoms with van der Waals surface area (Å²) in [4.78, 5) is 11.7. The number of rotatable bonds is 5. The van der Waals surface area contributed by atoms with Crippen LogP contribution >= 0.6 is 11.6 Å². The molecule has 1 N–H and O–H groups in total. The maximum atomic E-state index is 11.7. The van der Waals surface area contributed by atoms with Gasteiger partial charge >= 0.3 is 0 Å². The molecule has 0 bridgehead atoms. The summed E-state index contributed by atoms with van der Waals surface area (Å²) in [6.45, 7) is 1.86. The van der Waals surface area contributed by atoms with E-state index < -0.39 is 10.8 Å². The van der Waals surface area contributed by atoms with Crippen molar-refractivity contribution >= 4 is 28.3 Å².